The molecule has 7 amide bonds. The summed E-state index contributed by atoms with van der Waals surface area (Å²) < 4.78 is 42.5. The van der Waals surface area contributed by atoms with E-state index in [0.29, 0.717) is 71.1 Å². The number of nitrogens with one attached hydrogen (secondary N) is 1. The fourth-order valence-electron chi connectivity index (χ4n) is 13.8. The highest BCUT2D eigenvalue weighted by molar-refractivity contribution is 5.92. The van der Waals surface area contributed by atoms with E-state index in [-0.39, 0.29) is 97.7 Å². The lowest BCUT2D eigenvalue weighted by molar-refractivity contribution is -0.161. The fourth-order valence-corrected chi connectivity index (χ4v) is 13.8. The summed E-state index contributed by atoms with van der Waals surface area (Å²) in [4.78, 5) is 160. The van der Waals surface area contributed by atoms with Gasteiger partial charge in [0.05, 0.1) is 31.8 Å². The molecule has 6 rings (SSSR count). The summed E-state index contributed by atoms with van der Waals surface area (Å²) in [5.74, 6) is -3.92. The minimum atomic E-state index is -1.02. The Labute approximate surface area is 704 Å². The molecule has 4 fully saturated rings. The van der Waals surface area contributed by atoms with Crippen LogP contribution < -0.4 is 5.32 Å². The molecule has 12 atom stereocenters. The molecule has 0 aromatic carbocycles. The minimum absolute atomic E-state index is 0.0586. The number of allylic oxidation sites excluding steroid dienone is 2. The molecule has 6 aliphatic rings. The zero-order chi connectivity index (χ0) is 90.6. The maximum atomic E-state index is 13.8. The first-order valence-electron chi connectivity index (χ1n) is 41.9. The molecular formula is C89H148N8O21. The van der Waals surface area contributed by atoms with E-state index in [1.54, 1.807) is 137 Å². The summed E-state index contributed by atoms with van der Waals surface area (Å²) in [5, 5.41) is 12.3. The second-order valence-electron chi connectivity index (χ2n) is 37.1. The average Bonchev–Trinajstić information content (AvgIpc) is 1.64. The van der Waals surface area contributed by atoms with E-state index in [2.05, 4.69) is 44.5 Å². The fraction of sp³-hybridized carbons (Fsp3) is 0.730. The smallest absolute Gasteiger partial charge is 0.411 e. The predicted octanol–water partition coefficient (Wildman–Crippen LogP) is 14.4. The summed E-state index contributed by atoms with van der Waals surface area (Å²) in [6.45, 7) is 58.9. The van der Waals surface area contributed by atoms with Gasteiger partial charge in [0, 0.05) is 55.9 Å². The Kier molecular flexibility index (Phi) is 41.7. The summed E-state index contributed by atoms with van der Waals surface area (Å²) in [7, 11) is 1.30. The maximum absolute atomic E-state index is 13.8. The Morgan fingerprint density at radius 3 is 1.16 bits per heavy atom. The first-order chi connectivity index (χ1) is 54.4. The Bertz CT molecular complexity index is 3480. The molecule has 0 bridgehead atoms. The molecule has 4 saturated heterocycles. The van der Waals surface area contributed by atoms with Crippen LogP contribution in [0.15, 0.2) is 73.9 Å². The third kappa shape index (κ3) is 36.0. The molecular weight excluding hydrogens is 1520 g/mol. The molecule has 29 heteroatoms. The molecule has 29 nitrogen and oxygen atoms in total. The zero-order valence-electron chi connectivity index (χ0n) is 76.6. The molecule has 6 heterocycles. The predicted molar refractivity (Wildman–Crippen MR) is 454 cm³/mol. The lowest BCUT2D eigenvalue weighted by atomic mass is 9.98. The second-order valence-corrected chi connectivity index (χ2v) is 37.1. The number of carboxylic acid groups (broad SMARTS) is 1. The maximum Gasteiger partial charge on any atom is 0.411 e. The number of amides is 7. The van der Waals surface area contributed by atoms with Crippen LogP contribution in [0.5, 0.6) is 0 Å². The number of nitrogens with zero attached hydrogens (tertiary/aromatic N) is 7. The van der Waals surface area contributed by atoms with Crippen molar-refractivity contribution in [3.8, 4) is 0 Å². The number of rotatable bonds is 22. The summed E-state index contributed by atoms with van der Waals surface area (Å²) >= 11 is 0. The third-order valence-corrected chi connectivity index (χ3v) is 18.9. The van der Waals surface area contributed by atoms with Crippen LogP contribution in [0.1, 0.15) is 251 Å². The number of ether oxygens (including phenoxy) is 8. The molecule has 6 aliphatic heterocycles. The monoisotopic (exact) mass is 1670 g/mol. The number of hydrogen-bond donors (Lipinski definition) is 2. The summed E-state index contributed by atoms with van der Waals surface area (Å²) in [6, 6.07) is -3.33. The van der Waals surface area contributed by atoms with Gasteiger partial charge in [-0.3, -0.25) is 53.2 Å². The molecule has 0 saturated carbocycles. The van der Waals surface area contributed by atoms with Gasteiger partial charge in [-0.05, 0) is 210 Å². The SMILES string of the molecule is C=C[C@H]1CCN(C(=O)OC(C)(C)C)[C@@H]1C(=O)N(CC(=O)OC(C)(C)C)[C@@H](/C=C/CC)CC.C=C[C@H]1CCN(C(=O)OC(C)(C)C)[C@@H]1C(=O)O.CC/C=C/[C@@H](CC)NCC(=O)OC(C)(C)C.CC[C@@H]1C=C[C@H]2CCN(C(=O)OC(C)(C)C)[C@@H]2C(=O)N1CC(=O)OC.CC[C@@H]1C=C[C@H]2CCN(C(=O)OC(C)(C)C)[C@@H]2C(=O)N1CC(=O)OC(C)(C)C. The van der Waals surface area contributed by atoms with Gasteiger partial charge in [-0.1, -0.05) is 102 Å². The number of hydrogen-bond acceptors (Lipinski definition) is 21. The molecule has 0 unspecified atom stereocenters. The van der Waals surface area contributed by atoms with Crippen molar-refractivity contribution in [2.45, 2.75) is 339 Å². The molecule has 2 N–H and O–H groups in total. The van der Waals surface area contributed by atoms with Crippen molar-refractivity contribution in [3.05, 3.63) is 73.9 Å². The van der Waals surface area contributed by atoms with Crippen LogP contribution in [0.2, 0.25) is 0 Å². The summed E-state index contributed by atoms with van der Waals surface area (Å²) in [5.41, 5.74) is -4.25. The molecule has 670 valence electrons. The number of methoxy groups -OCH3 is 1. The number of carboxylic acids is 1. The van der Waals surface area contributed by atoms with E-state index >= 15 is 0 Å². The minimum Gasteiger partial charge on any atom is -0.480 e. The van der Waals surface area contributed by atoms with E-state index in [1.165, 1.54) is 41.4 Å². The lowest BCUT2D eigenvalue weighted by Crippen LogP contribution is -2.54. The number of carbonyl (C=O) groups is 12. The van der Waals surface area contributed by atoms with Gasteiger partial charge >= 0.3 is 54.2 Å². The van der Waals surface area contributed by atoms with Crippen molar-refractivity contribution in [3.63, 3.8) is 0 Å². The topological polar surface area (TPSA) is 334 Å². The molecule has 0 spiro atoms. The molecule has 118 heavy (non-hydrogen) atoms. The van der Waals surface area contributed by atoms with Crippen molar-refractivity contribution in [1.29, 1.82) is 0 Å². The average molecular weight is 1670 g/mol. The Balaban J connectivity index is 0.000000511. The van der Waals surface area contributed by atoms with Crippen molar-refractivity contribution < 1.29 is 101 Å². The largest absolute Gasteiger partial charge is 0.480 e. The van der Waals surface area contributed by atoms with Crippen LogP contribution in [0, 0.1) is 23.7 Å². The lowest BCUT2D eigenvalue weighted by Gasteiger charge is -2.36. The van der Waals surface area contributed by atoms with Crippen molar-refractivity contribution in [1.82, 2.24) is 39.6 Å². The van der Waals surface area contributed by atoms with Crippen LogP contribution in [0.3, 0.4) is 0 Å². The summed E-state index contributed by atoms with van der Waals surface area (Å²) in [6.07, 6.45) is 24.7. The highest BCUT2D eigenvalue weighted by Crippen LogP contribution is 2.36. The third-order valence-electron chi connectivity index (χ3n) is 18.9. The van der Waals surface area contributed by atoms with Crippen molar-refractivity contribution in [2.24, 2.45) is 23.7 Å². The van der Waals surface area contributed by atoms with Gasteiger partial charge in [0.15, 0.2) is 0 Å². The molecule has 0 radical (unpaired) electrons. The van der Waals surface area contributed by atoms with Gasteiger partial charge in [-0.25, -0.2) is 24.0 Å². The number of fused-ring (bicyclic) bond motifs is 2. The van der Waals surface area contributed by atoms with Gasteiger partial charge in [-0.15, -0.1) is 13.2 Å². The number of esters is 4. The molecule has 0 aromatic rings. The Morgan fingerprint density at radius 1 is 0.466 bits per heavy atom. The van der Waals surface area contributed by atoms with Crippen LogP contribution in [0.25, 0.3) is 0 Å². The Hall–Kier alpha value is -8.76. The van der Waals surface area contributed by atoms with Crippen molar-refractivity contribution >= 4 is 71.9 Å². The molecule has 0 aliphatic carbocycles. The van der Waals surface area contributed by atoms with E-state index in [4.69, 9.17) is 43.0 Å². The standard InChI is InChI=1S/C25H42N2O5.C21H34N2O5.C18H28N2O5.C13H25NO2.C12H19NO4/c1-10-13-14-19(12-3)27(17-20(28)31-24(4,5)6)22(29)21-18(11-2)15-16-26(21)23(30)32-25(7,8)9;1-8-15-10-9-14-11-12-22(19(26)28-21(5,6)7)17(14)18(25)23(15)13-16(24)27-20(2,3)4;1-6-13-8-7-12-9-10-19(17(23)25-18(2,3)4)15(12)16(22)20(13)11-14(21)24-5;1-6-8-9-11(7-2)14-10-12(15)16-13(3,4)5;1-5-8-6-7-13(9(8)10(14)15)11(16)17-12(2,3)4/h11,13-14,18-19,21H,2,10,12,15-17H2,1,3-9H3;9-10,14-15,17H,8,11-13H2,1-7H3;7-8,12-13,15H,6,9-11H2,1-5H3;8-9,11,14H,6-7,10H2,1-5H3;5,8-9H,1,6-7H2,2-4H3,(H,14,15)/b14-13+;;;9-8+;/t18-,19+,21-;14-,15+,17-;12-,13+,15-;11-;8-,9-/m00010/s1. The van der Waals surface area contributed by atoms with E-state index in [9.17, 15) is 57.5 Å². The Morgan fingerprint density at radius 2 is 0.814 bits per heavy atom. The van der Waals surface area contributed by atoms with Gasteiger partial charge in [0.1, 0.15) is 83.0 Å². The van der Waals surface area contributed by atoms with E-state index in [0.717, 1.165) is 19.3 Å². The second kappa shape index (κ2) is 46.7. The number of carbonyl (C=O) groups excluding carboxylic acids is 11. The number of likely N-dealkylation sites (tertiary alicyclic amines) is 4. The van der Waals surface area contributed by atoms with E-state index < -0.39 is 112 Å². The van der Waals surface area contributed by atoms with Crippen molar-refractivity contribution in [2.75, 3.05) is 59.5 Å². The van der Waals surface area contributed by atoms with Gasteiger partial charge in [0.2, 0.25) is 17.7 Å². The first-order valence-corrected chi connectivity index (χ1v) is 41.9. The first kappa shape index (κ1) is 105. The quantitative estimate of drug-likeness (QED) is 0.0577. The van der Waals surface area contributed by atoms with Gasteiger partial charge < -0.3 is 63.0 Å². The highest BCUT2D eigenvalue weighted by Gasteiger charge is 2.50. The zero-order valence-corrected chi connectivity index (χ0v) is 76.6. The van der Waals surface area contributed by atoms with E-state index in [1.807, 2.05) is 84.9 Å². The molecule has 0 aromatic heterocycles. The highest BCUT2D eigenvalue weighted by atomic mass is 16.6. The normalized spacial score (nSPS) is 22.5. The number of aliphatic carboxylic acids is 1. The van der Waals surface area contributed by atoms with Crippen LogP contribution >= 0.6 is 0 Å². The van der Waals surface area contributed by atoms with Crippen LogP contribution in [-0.4, -0.2) is 258 Å². The van der Waals surface area contributed by atoms with Gasteiger partial charge in [0.25, 0.3) is 0 Å². The van der Waals surface area contributed by atoms with Crippen LogP contribution in [0.4, 0.5) is 19.2 Å². The van der Waals surface area contributed by atoms with Gasteiger partial charge in [-0.2, -0.15) is 0 Å². The van der Waals surface area contributed by atoms with Crippen LogP contribution in [-0.2, 0) is 76.3 Å².